The second kappa shape index (κ2) is 7.77. The van der Waals surface area contributed by atoms with Crippen molar-refractivity contribution in [3.05, 3.63) is 82.9 Å². The van der Waals surface area contributed by atoms with E-state index in [2.05, 4.69) is 30.3 Å². The van der Waals surface area contributed by atoms with Crippen molar-refractivity contribution in [1.82, 2.24) is 0 Å². The summed E-state index contributed by atoms with van der Waals surface area (Å²) in [6.07, 6.45) is 4.56. The molecule has 0 N–H and O–H groups in total. The molecule has 27 heavy (non-hydrogen) atoms. The Balaban J connectivity index is 1.45. The average molecular weight is 366 g/mol. The molecule has 0 bridgehead atoms. The zero-order valence-electron chi connectivity index (χ0n) is 15.6. The fourth-order valence-corrected chi connectivity index (χ4v) is 4.33. The Labute approximate surface area is 159 Å². The van der Waals surface area contributed by atoms with Gasteiger partial charge in [-0.2, -0.15) is 0 Å². The summed E-state index contributed by atoms with van der Waals surface area (Å²) in [7, 11) is 1.72. The fraction of sp³-hybridized carbons (Fsp3) is 0.333. The predicted octanol–water partition coefficient (Wildman–Crippen LogP) is 6.71. The van der Waals surface area contributed by atoms with Gasteiger partial charge in [-0.25, -0.2) is 8.78 Å². The van der Waals surface area contributed by atoms with Crippen LogP contribution in [0.2, 0.25) is 0 Å². The molecule has 4 rings (SSSR count). The van der Waals surface area contributed by atoms with Crippen LogP contribution in [0, 0.1) is 11.6 Å². The first-order valence-electron chi connectivity index (χ1n) is 9.60. The highest BCUT2D eigenvalue weighted by molar-refractivity contribution is 5.83. The molecule has 1 fully saturated rings. The molecule has 0 spiro atoms. The first kappa shape index (κ1) is 18.1. The lowest BCUT2D eigenvalue weighted by molar-refractivity contribution is 0.185. The van der Waals surface area contributed by atoms with Crippen LogP contribution in [-0.2, 0) is 11.3 Å². The summed E-state index contributed by atoms with van der Waals surface area (Å²) in [5, 5.41) is 1.53. The largest absolute Gasteiger partial charge is 0.380 e. The maximum absolute atomic E-state index is 13.6. The van der Waals surface area contributed by atoms with Crippen molar-refractivity contribution in [3.63, 3.8) is 0 Å². The van der Waals surface area contributed by atoms with Crippen LogP contribution in [0.3, 0.4) is 0 Å². The maximum atomic E-state index is 13.6. The molecule has 0 atom stereocenters. The summed E-state index contributed by atoms with van der Waals surface area (Å²) in [5.74, 6) is -0.469. The second-order valence-corrected chi connectivity index (χ2v) is 7.60. The first-order chi connectivity index (χ1) is 13.1. The van der Waals surface area contributed by atoms with Gasteiger partial charge in [0.25, 0.3) is 0 Å². The lowest BCUT2D eigenvalue weighted by atomic mass is 9.76. The third-order valence-electron chi connectivity index (χ3n) is 5.86. The lowest BCUT2D eigenvalue weighted by Crippen LogP contribution is -2.12. The van der Waals surface area contributed by atoms with Gasteiger partial charge in [0.05, 0.1) is 6.61 Å². The molecule has 3 aromatic rings. The molecule has 0 aromatic heterocycles. The molecule has 1 aliphatic rings. The van der Waals surface area contributed by atoms with Gasteiger partial charge in [-0.3, -0.25) is 0 Å². The number of fused-ring (bicyclic) bond motifs is 1. The maximum Gasteiger partial charge on any atom is 0.159 e. The Morgan fingerprint density at radius 2 is 1.30 bits per heavy atom. The average Bonchev–Trinajstić information content (AvgIpc) is 2.70. The predicted molar refractivity (Wildman–Crippen MR) is 105 cm³/mol. The molecule has 0 radical (unpaired) electrons. The normalized spacial score (nSPS) is 20.1. The number of methoxy groups -OCH3 is 1. The Bertz CT molecular complexity index is 925. The van der Waals surface area contributed by atoms with Crippen molar-refractivity contribution in [2.75, 3.05) is 7.11 Å². The summed E-state index contributed by atoms with van der Waals surface area (Å²) in [4.78, 5) is 0. The number of ether oxygens (including phenoxy) is 1. The van der Waals surface area contributed by atoms with Crippen LogP contribution < -0.4 is 0 Å². The van der Waals surface area contributed by atoms with Crippen molar-refractivity contribution in [2.24, 2.45) is 0 Å². The molecule has 0 amide bonds. The van der Waals surface area contributed by atoms with Gasteiger partial charge >= 0.3 is 0 Å². The van der Waals surface area contributed by atoms with Crippen molar-refractivity contribution < 1.29 is 13.5 Å². The smallest absolute Gasteiger partial charge is 0.159 e. The zero-order chi connectivity index (χ0) is 18.8. The van der Waals surface area contributed by atoms with Crippen LogP contribution in [0.15, 0.2) is 54.6 Å². The van der Waals surface area contributed by atoms with Gasteiger partial charge in [-0.1, -0.05) is 42.5 Å². The monoisotopic (exact) mass is 366 g/mol. The van der Waals surface area contributed by atoms with E-state index >= 15 is 0 Å². The number of halogens is 2. The lowest BCUT2D eigenvalue weighted by Gasteiger charge is -2.29. The van der Waals surface area contributed by atoms with Crippen LogP contribution in [0.5, 0.6) is 0 Å². The standard InChI is InChI=1S/C24H24F2O/c1-27-15-16-2-4-17(5-3-16)18-6-8-19(9-7-18)20-10-11-21-13-23(25)24(26)14-22(21)12-20/h2-5,10-14,18-19H,6-9,15H2,1H3. The minimum Gasteiger partial charge on any atom is -0.380 e. The van der Waals surface area contributed by atoms with Gasteiger partial charge in [0.15, 0.2) is 11.6 Å². The van der Waals surface area contributed by atoms with Crippen LogP contribution in [-0.4, -0.2) is 7.11 Å². The number of benzene rings is 3. The van der Waals surface area contributed by atoms with Crippen LogP contribution >= 0.6 is 0 Å². The minimum absolute atomic E-state index is 0.492. The highest BCUT2D eigenvalue weighted by atomic mass is 19.2. The summed E-state index contributed by atoms with van der Waals surface area (Å²) >= 11 is 0. The zero-order valence-corrected chi connectivity index (χ0v) is 15.6. The molecule has 1 saturated carbocycles. The van der Waals surface area contributed by atoms with Gasteiger partial charge in [0, 0.05) is 7.11 Å². The quantitative estimate of drug-likeness (QED) is 0.499. The third kappa shape index (κ3) is 3.89. The van der Waals surface area contributed by atoms with Crippen LogP contribution in [0.1, 0.15) is 54.2 Å². The molecule has 0 unspecified atom stereocenters. The molecule has 140 valence electrons. The minimum atomic E-state index is -0.785. The number of hydrogen-bond donors (Lipinski definition) is 0. The van der Waals surface area contributed by atoms with E-state index in [1.165, 1.54) is 28.8 Å². The van der Waals surface area contributed by atoms with E-state index in [4.69, 9.17) is 4.74 Å². The van der Waals surface area contributed by atoms with Crippen molar-refractivity contribution >= 4 is 10.8 Å². The van der Waals surface area contributed by atoms with E-state index in [-0.39, 0.29) is 0 Å². The Morgan fingerprint density at radius 1 is 0.741 bits per heavy atom. The topological polar surface area (TPSA) is 9.23 Å². The Hall–Kier alpha value is -2.26. The van der Waals surface area contributed by atoms with Gasteiger partial charge in [-0.15, -0.1) is 0 Å². The number of hydrogen-bond acceptors (Lipinski definition) is 1. The van der Waals surface area contributed by atoms with Gasteiger partial charge in [0.2, 0.25) is 0 Å². The molecular formula is C24H24F2O. The van der Waals surface area contributed by atoms with Crippen molar-refractivity contribution in [2.45, 2.75) is 44.1 Å². The molecule has 3 aromatic carbocycles. The Kier molecular flexibility index (Phi) is 5.22. The summed E-state index contributed by atoms with van der Waals surface area (Å²) in [6, 6.07) is 17.4. The van der Waals surface area contributed by atoms with Gasteiger partial charge in [-0.05, 0) is 77.1 Å². The molecule has 1 nitrogen and oxygen atoms in total. The molecule has 3 heteroatoms. The van der Waals surface area contributed by atoms with E-state index in [0.29, 0.717) is 18.4 Å². The molecule has 1 aliphatic carbocycles. The van der Waals surface area contributed by atoms with E-state index in [9.17, 15) is 8.78 Å². The van der Waals surface area contributed by atoms with Gasteiger partial charge in [0.1, 0.15) is 0 Å². The van der Waals surface area contributed by atoms with E-state index in [1.54, 1.807) is 7.11 Å². The van der Waals surface area contributed by atoms with Crippen molar-refractivity contribution in [1.29, 1.82) is 0 Å². The number of rotatable bonds is 4. The van der Waals surface area contributed by atoms with E-state index in [0.717, 1.165) is 36.5 Å². The third-order valence-corrected chi connectivity index (χ3v) is 5.86. The summed E-state index contributed by atoms with van der Waals surface area (Å²) in [5.41, 5.74) is 3.85. The molecular weight excluding hydrogens is 342 g/mol. The van der Waals surface area contributed by atoms with Crippen LogP contribution in [0.25, 0.3) is 10.8 Å². The highest BCUT2D eigenvalue weighted by Crippen LogP contribution is 2.41. The SMILES string of the molecule is COCc1ccc(C2CCC(c3ccc4cc(F)c(F)cc4c3)CC2)cc1. The Morgan fingerprint density at radius 3 is 1.93 bits per heavy atom. The molecule has 0 aliphatic heterocycles. The highest BCUT2D eigenvalue weighted by Gasteiger charge is 2.23. The first-order valence-corrected chi connectivity index (χ1v) is 9.60. The van der Waals surface area contributed by atoms with E-state index in [1.807, 2.05) is 12.1 Å². The summed E-state index contributed by atoms with van der Waals surface area (Å²) in [6.45, 7) is 0.652. The second-order valence-electron chi connectivity index (χ2n) is 7.60. The van der Waals surface area contributed by atoms with E-state index < -0.39 is 11.6 Å². The van der Waals surface area contributed by atoms with Gasteiger partial charge < -0.3 is 4.74 Å². The molecule has 0 heterocycles. The van der Waals surface area contributed by atoms with Crippen molar-refractivity contribution in [3.8, 4) is 0 Å². The fourth-order valence-electron chi connectivity index (χ4n) is 4.33. The molecule has 0 saturated heterocycles. The van der Waals surface area contributed by atoms with Crippen LogP contribution in [0.4, 0.5) is 8.78 Å². The summed E-state index contributed by atoms with van der Waals surface area (Å²) < 4.78 is 32.1.